The molecule has 2 aromatic heterocycles. The minimum absolute atomic E-state index is 0.157. The number of aromatic nitrogens is 3. The molecule has 142 valence electrons. The lowest BCUT2D eigenvalue weighted by molar-refractivity contribution is 0.0745. The summed E-state index contributed by atoms with van der Waals surface area (Å²) < 4.78 is 6.77. The molecule has 26 heavy (non-hydrogen) atoms. The minimum Gasteiger partial charge on any atom is -0.339 e. The smallest absolute Gasteiger partial charge is 0.263 e. The summed E-state index contributed by atoms with van der Waals surface area (Å²) in [6, 6.07) is 3.45. The first kappa shape index (κ1) is 19.9. The molecule has 0 saturated heterocycles. The Bertz CT molecular complexity index is 820. The van der Waals surface area contributed by atoms with Crippen LogP contribution in [0.3, 0.4) is 0 Å². The van der Waals surface area contributed by atoms with Gasteiger partial charge in [-0.05, 0) is 30.9 Å². The van der Waals surface area contributed by atoms with Crippen LogP contribution in [0.15, 0.2) is 21.5 Å². The molecule has 0 aromatic carbocycles. The van der Waals surface area contributed by atoms with Crippen molar-refractivity contribution in [2.75, 3.05) is 6.54 Å². The van der Waals surface area contributed by atoms with E-state index in [-0.39, 0.29) is 29.5 Å². The number of rotatable bonds is 7. The second-order valence-electron chi connectivity index (χ2n) is 7.21. The average molecular weight is 360 g/mol. The fraction of sp³-hybridized carbons (Fsp3) is 0.579. The van der Waals surface area contributed by atoms with Gasteiger partial charge >= 0.3 is 0 Å². The van der Waals surface area contributed by atoms with E-state index in [1.807, 2.05) is 26.8 Å². The predicted molar refractivity (Wildman–Crippen MR) is 99.0 cm³/mol. The van der Waals surface area contributed by atoms with Gasteiger partial charge < -0.3 is 14.0 Å². The summed E-state index contributed by atoms with van der Waals surface area (Å²) in [5.41, 5.74) is 0.768. The quantitative estimate of drug-likeness (QED) is 0.758. The zero-order valence-corrected chi connectivity index (χ0v) is 16.4. The van der Waals surface area contributed by atoms with Crippen LogP contribution in [0.1, 0.15) is 68.3 Å². The van der Waals surface area contributed by atoms with E-state index in [2.05, 4.69) is 24.0 Å². The number of nitrogens with zero attached hydrogens (tertiary/aromatic N) is 4. The number of carbonyl (C=O) groups is 1. The molecule has 0 spiro atoms. The van der Waals surface area contributed by atoms with Crippen LogP contribution in [-0.2, 0) is 20.0 Å². The summed E-state index contributed by atoms with van der Waals surface area (Å²) in [7, 11) is 1.70. The Morgan fingerprint density at radius 2 is 1.96 bits per heavy atom. The van der Waals surface area contributed by atoms with Gasteiger partial charge in [0, 0.05) is 25.7 Å². The molecular weight excluding hydrogens is 332 g/mol. The largest absolute Gasteiger partial charge is 0.339 e. The standard InChI is InChI=1S/C19H28N4O3/c1-7-23(11-16-20-17(26-21-16)10-12(2)3)19(25)14-8-9-15(13(4)5)22(6)18(14)24/h8-9,12-13H,7,10-11H2,1-6H3. The third kappa shape index (κ3) is 4.39. The molecule has 0 aliphatic rings. The van der Waals surface area contributed by atoms with Gasteiger partial charge in [0.15, 0.2) is 5.82 Å². The van der Waals surface area contributed by atoms with Gasteiger partial charge in [0.2, 0.25) is 5.89 Å². The maximum absolute atomic E-state index is 12.8. The number of hydrogen-bond donors (Lipinski definition) is 0. The van der Waals surface area contributed by atoms with Crippen LogP contribution in [0, 0.1) is 5.92 Å². The normalized spacial score (nSPS) is 11.4. The van der Waals surface area contributed by atoms with Crippen molar-refractivity contribution in [2.45, 2.75) is 53.5 Å². The summed E-state index contributed by atoms with van der Waals surface area (Å²) >= 11 is 0. The molecule has 1 amide bonds. The van der Waals surface area contributed by atoms with Gasteiger partial charge in [-0.2, -0.15) is 4.98 Å². The molecule has 0 atom stereocenters. The first-order valence-corrected chi connectivity index (χ1v) is 9.05. The van der Waals surface area contributed by atoms with Crippen molar-refractivity contribution in [3.8, 4) is 0 Å². The molecular formula is C19H28N4O3. The van der Waals surface area contributed by atoms with E-state index in [0.717, 1.165) is 5.69 Å². The van der Waals surface area contributed by atoms with Gasteiger partial charge in [0.25, 0.3) is 11.5 Å². The van der Waals surface area contributed by atoms with Gasteiger partial charge in [0.05, 0.1) is 6.54 Å². The Morgan fingerprint density at radius 3 is 2.54 bits per heavy atom. The second kappa shape index (κ2) is 8.29. The molecule has 7 heteroatoms. The summed E-state index contributed by atoms with van der Waals surface area (Å²) in [5.74, 6) is 1.31. The van der Waals surface area contributed by atoms with Crippen molar-refractivity contribution in [1.29, 1.82) is 0 Å². The van der Waals surface area contributed by atoms with Crippen LogP contribution in [0.4, 0.5) is 0 Å². The first-order chi connectivity index (χ1) is 12.2. The Morgan fingerprint density at radius 1 is 1.27 bits per heavy atom. The maximum Gasteiger partial charge on any atom is 0.263 e. The Hall–Kier alpha value is -2.44. The van der Waals surface area contributed by atoms with Gasteiger partial charge in [-0.25, -0.2) is 0 Å². The summed E-state index contributed by atoms with van der Waals surface area (Å²) in [4.78, 5) is 31.3. The highest BCUT2D eigenvalue weighted by molar-refractivity contribution is 5.93. The predicted octanol–water partition coefficient (Wildman–Crippen LogP) is 2.75. The van der Waals surface area contributed by atoms with Crippen molar-refractivity contribution >= 4 is 5.91 Å². The molecule has 0 unspecified atom stereocenters. The lowest BCUT2D eigenvalue weighted by Gasteiger charge is -2.20. The molecule has 0 aliphatic carbocycles. The third-order valence-corrected chi connectivity index (χ3v) is 4.26. The van der Waals surface area contributed by atoms with Crippen LogP contribution in [-0.4, -0.2) is 32.1 Å². The molecule has 0 bridgehead atoms. The number of hydrogen-bond acceptors (Lipinski definition) is 5. The average Bonchev–Trinajstić information content (AvgIpc) is 3.00. The lowest BCUT2D eigenvalue weighted by Crippen LogP contribution is -2.36. The van der Waals surface area contributed by atoms with Crippen LogP contribution in [0.5, 0.6) is 0 Å². The van der Waals surface area contributed by atoms with E-state index in [1.54, 1.807) is 22.6 Å². The van der Waals surface area contributed by atoms with Crippen LogP contribution in [0.25, 0.3) is 0 Å². The molecule has 2 rings (SSSR count). The van der Waals surface area contributed by atoms with Gasteiger partial charge in [-0.1, -0.05) is 32.9 Å². The number of amides is 1. The number of carbonyl (C=O) groups excluding carboxylic acids is 1. The minimum atomic E-state index is -0.321. The summed E-state index contributed by atoms with van der Waals surface area (Å²) in [6.45, 7) is 10.7. The molecule has 7 nitrogen and oxygen atoms in total. The molecule has 2 heterocycles. The monoisotopic (exact) mass is 360 g/mol. The highest BCUT2D eigenvalue weighted by Crippen LogP contribution is 2.13. The Balaban J connectivity index is 2.22. The van der Waals surface area contributed by atoms with E-state index in [9.17, 15) is 9.59 Å². The zero-order chi connectivity index (χ0) is 19.4. The van der Waals surface area contributed by atoms with Crippen LogP contribution in [0.2, 0.25) is 0 Å². The van der Waals surface area contributed by atoms with Crippen molar-refractivity contribution in [3.05, 3.63) is 45.5 Å². The van der Waals surface area contributed by atoms with Crippen LogP contribution < -0.4 is 5.56 Å². The van der Waals surface area contributed by atoms with Crippen LogP contribution >= 0.6 is 0 Å². The van der Waals surface area contributed by atoms with Crippen molar-refractivity contribution in [2.24, 2.45) is 13.0 Å². The molecule has 0 aliphatic heterocycles. The van der Waals surface area contributed by atoms with E-state index in [4.69, 9.17) is 4.52 Å². The van der Waals surface area contributed by atoms with Crippen molar-refractivity contribution in [1.82, 2.24) is 19.6 Å². The number of pyridine rings is 1. The third-order valence-electron chi connectivity index (χ3n) is 4.26. The molecule has 0 fully saturated rings. The van der Waals surface area contributed by atoms with E-state index >= 15 is 0 Å². The van der Waals surface area contributed by atoms with Gasteiger partial charge in [-0.15, -0.1) is 0 Å². The fourth-order valence-corrected chi connectivity index (χ4v) is 2.85. The second-order valence-corrected chi connectivity index (χ2v) is 7.21. The fourth-order valence-electron chi connectivity index (χ4n) is 2.85. The zero-order valence-electron chi connectivity index (χ0n) is 16.4. The van der Waals surface area contributed by atoms with E-state index in [1.165, 1.54) is 0 Å². The van der Waals surface area contributed by atoms with Gasteiger partial charge in [0.1, 0.15) is 5.56 Å². The topological polar surface area (TPSA) is 81.2 Å². The van der Waals surface area contributed by atoms with Crippen molar-refractivity contribution < 1.29 is 9.32 Å². The van der Waals surface area contributed by atoms with E-state index < -0.39 is 0 Å². The highest BCUT2D eigenvalue weighted by atomic mass is 16.5. The molecule has 0 N–H and O–H groups in total. The summed E-state index contributed by atoms with van der Waals surface area (Å²) in [6.07, 6.45) is 0.699. The Kier molecular flexibility index (Phi) is 6.34. The maximum atomic E-state index is 12.8. The molecule has 0 saturated carbocycles. The molecule has 0 radical (unpaired) electrons. The van der Waals surface area contributed by atoms with Crippen molar-refractivity contribution in [3.63, 3.8) is 0 Å². The first-order valence-electron chi connectivity index (χ1n) is 9.05. The lowest BCUT2D eigenvalue weighted by atomic mass is 10.1. The SMILES string of the molecule is CCN(Cc1noc(CC(C)C)n1)C(=O)c1ccc(C(C)C)n(C)c1=O. The summed E-state index contributed by atoms with van der Waals surface area (Å²) in [5, 5.41) is 3.95. The van der Waals surface area contributed by atoms with Gasteiger partial charge in [-0.3, -0.25) is 9.59 Å². The highest BCUT2D eigenvalue weighted by Gasteiger charge is 2.21. The molecule has 2 aromatic rings. The Labute approximate surface area is 154 Å². The van der Waals surface area contributed by atoms with E-state index in [0.29, 0.717) is 30.6 Å².